The minimum Gasteiger partial charge on any atom is -0.497 e. The lowest BCUT2D eigenvalue weighted by Gasteiger charge is -2.16. The first-order valence-electron chi connectivity index (χ1n) is 4.33. The van der Waals surface area contributed by atoms with E-state index >= 15 is 0 Å². The van der Waals surface area contributed by atoms with Crippen LogP contribution in [-0.2, 0) is 10.1 Å². The van der Waals surface area contributed by atoms with Gasteiger partial charge in [0.1, 0.15) is 5.75 Å². The van der Waals surface area contributed by atoms with Crippen molar-refractivity contribution in [3.63, 3.8) is 0 Å². The topological polar surface area (TPSA) is 52.6 Å². The summed E-state index contributed by atoms with van der Waals surface area (Å²) in [5.41, 5.74) is 1.39. The Morgan fingerprint density at radius 1 is 1.33 bits per heavy atom. The summed E-state index contributed by atoms with van der Waals surface area (Å²) >= 11 is 0. The maximum atomic E-state index is 11.2. The third-order valence-electron chi connectivity index (χ3n) is 2.14. The van der Waals surface area contributed by atoms with Gasteiger partial charge in [-0.1, -0.05) is 0 Å². The van der Waals surface area contributed by atoms with Crippen molar-refractivity contribution in [2.75, 3.05) is 7.11 Å². The van der Waals surface area contributed by atoms with E-state index in [2.05, 4.69) is 0 Å². The van der Waals surface area contributed by atoms with Crippen molar-refractivity contribution in [3.05, 3.63) is 29.2 Å². The molecule has 15 heavy (non-hydrogen) atoms. The Balaban J connectivity index is 2.60. The van der Waals surface area contributed by atoms with Gasteiger partial charge in [-0.05, 0) is 30.7 Å². The van der Waals surface area contributed by atoms with E-state index in [1.807, 2.05) is 0 Å². The molecule has 4 nitrogen and oxygen atoms in total. The van der Waals surface area contributed by atoms with Crippen molar-refractivity contribution in [2.24, 2.45) is 0 Å². The lowest BCUT2D eigenvalue weighted by Crippen LogP contribution is -2.11. The number of fused-ring (bicyclic) bond motifs is 1. The van der Waals surface area contributed by atoms with E-state index in [-0.39, 0.29) is 0 Å². The average Bonchev–Trinajstić information content (AvgIpc) is 2.15. The summed E-state index contributed by atoms with van der Waals surface area (Å²) in [6.07, 6.45) is 0. The van der Waals surface area contributed by atoms with E-state index in [1.54, 1.807) is 32.2 Å². The number of benzene rings is 1. The van der Waals surface area contributed by atoms with Gasteiger partial charge >= 0.3 is 10.1 Å². The fourth-order valence-corrected chi connectivity index (χ4v) is 2.45. The summed E-state index contributed by atoms with van der Waals surface area (Å²) in [5.74, 6) is 1.01. The van der Waals surface area contributed by atoms with Crippen molar-refractivity contribution in [2.45, 2.75) is 6.92 Å². The zero-order valence-corrected chi connectivity index (χ0v) is 9.17. The van der Waals surface area contributed by atoms with Crippen LogP contribution in [0.5, 0.6) is 11.5 Å². The molecule has 5 heteroatoms. The van der Waals surface area contributed by atoms with Gasteiger partial charge in [-0.2, -0.15) is 8.42 Å². The normalized spacial score (nSPS) is 17.3. The minimum atomic E-state index is -3.57. The van der Waals surface area contributed by atoms with E-state index in [9.17, 15) is 8.42 Å². The molecule has 80 valence electrons. The van der Waals surface area contributed by atoms with E-state index in [4.69, 9.17) is 8.92 Å². The molecular weight excluding hydrogens is 216 g/mol. The van der Waals surface area contributed by atoms with Crippen molar-refractivity contribution in [1.82, 2.24) is 0 Å². The lowest BCUT2D eigenvalue weighted by atomic mass is 10.1. The van der Waals surface area contributed by atoms with Crippen LogP contribution in [0.3, 0.4) is 0 Å². The van der Waals surface area contributed by atoms with Gasteiger partial charge in [-0.25, -0.2) is 0 Å². The number of rotatable bonds is 1. The van der Waals surface area contributed by atoms with Gasteiger partial charge in [-0.15, -0.1) is 0 Å². The molecular formula is C10H10O4S. The molecule has 0 N–H and O–H groups in total. The van der Waals surface area contributed by atoms with Crippen molar-refractivity contribution in [1.29, 1.82) is 0 Å². The van der Waals surface area contributed by atoms with Crippen LogP contribution in [0.15, 0.2) is 23.6 Å². The molecule has 1 aromatic rings. The average molecular weight is 226 g/mol. The molecule has 0 bridgehead atoms. The molecule has 0 spiro atoms. The molecule has 0 amide bonds. The maximum absolute atomic E-state index is 11.2. The Hall–Kier alpha value is -1.49. The van der Waals surface area contributed by atoms with Gasteiger partial charge < -0.3 is 8.92 Å². The first kappa shape index (κ1) is 10.0. The lowest BCUT2D eigenvalue weighted by molar-refractivity contribution is 0.413. The van der Waals surface area contributed by atoms with Crippen LogP contribution in [0.2, 0.25) is 0 Å². The van der Waals surface area contributed by atoms with E-state index in [1.165, 1.54) is 0 Å². The summed E-state index contributed by atoms with van der Waals surface area (Å²) in [4.78, 5) is 0. The molecule has 1 aromatic carbocycles. The van der Waals surface area contributed by atoms with E-state index in [0.717, 1.165) is 11.0 Å². The van der Waals surface area contributed by atoms with Crippen LogP contribution < -0.4 is 8.92 Å². The maximum Gasteiger partial charge on any atom is 0.332 e. The molecule has 0 aromatic heterocycles. The van der Waals surface area contributed by atoms with Gasteiger partial charge in [-0.3, -0.25) is 0 Å². The number of ether oxygens (including phenoxy) is 1. The van der Waals surface area contributed by atoms with Crippen molar-refractivity contribution >= 4 is 15.7 Å². The quantitative estimate of drug-likeness (QED) is 0.685. The van der Waals surface area contributed by atoms with Crippen LogP contribution in [0.4, 0.5) is 0 Å². The Morgan fingerprint density at radius 2 is 2.07 bits per heavy atom. The molecule has 1 aliphatic rings. The zero-order valence-electron chi connectivity index (χ0n) is 8.35. The first-order chi connectivity index (χ1) is 7.02. The number of methoxy groups -OCH3 is 1. The number of allylic oxidation sites excluding steroid dienone is 1. The number of hydrogen-bond donors (Lipinski definition) is 0. The molecule has 0 saturated carbocycles. The van der Waals surface area contributed by atoms with Gasteiger partial charge in [0.15, 0.2) is 5.75 Å². The predicted molar refractivity (Wildman–Crippen MR) is 56.2 cm³/mol. The fraction of sp³-hybridized carbons (Fsp3) is 0.200. The summed E-state index contributed by atoms with van der Waals surface area (Å²) in [6.45, 7) is 1.72. The van der Waals surface area contributed by atoms with E-state index in [0.29, 0.717) is 17.1 Å². The molecule has 2 rings (SSSR count). The second kappa shape index (κ2) is 3.27. The second-order valence-corrected chi connectivity index (χ2v) is 4.63. The number of hydrogen-bond acceptors (Lipinski definition) is 4. The van der Waals surface area contributed by atoms with Crippen LogP contribution in [-0.4, -0.2) is 15.5 Å². The molecule has 1 heterocycles. The largest absolute Gasteiger partial charge is 0.497 e. The molecule has 1 aliphatic heterocycles. The van der Waals surface area contributed by atoms with Crippen molar-refractivity contribution < 1.29 is 17.3 Å². The highest BCUT2D eigenvalue weighted by molar-refractivity contribution is 7.90. The van der Waals surface area contributed by atoms with Crippen LogP contribution in [0.25, 0.3) is 5.57 Å². The van der Waals surface area contributed by atoms with E-state index < -0.39 is 10.1 Å². The van der Waals surface area contributed by atoms with Gasteiger partial charge in [0, 0.05) is 5.56 Å². The Kier molecular flexibility index (Phi) is 2.19. The first-order valence-corrected chi connectivity index (χ1v) is 5.80. The Bertz CT molecular complexity index is 528. The third kappa shape index (κ3) is 1.83. The van der Waals surface area contributed by atoms with Gasteiger partial charge in [0.25, 0.3) is 0 Å². The summed E-state index contributed by atoms with van der Waals surface area (Å²) < 4.78 is 32.4. The van der Waals surface area contributed by atoms with Gasteiger partial charge in [0.2, 0.25) is 0 Å². The second-order valence-electron chi connectivity index (χ2n) is 3.24. The zero-order chi connectivity index (χ0) is 11.1. The molecule has 0 aliphatic carbocycles. The highest BCUT2D eigenvalue weighted by atomic mass is 32.2. The smallest absolute Gasteiger partial charge is 0.332 e. The standard InChI is InChI=1S/C10H10O4S/c1-7-6-15(11,12)14-10-4-3-8(13-2)5-9(7)10/h3-6H,1-2H3. The monoisotopic (exact) mass is 226 g/mol. The molecule has 0 atom stereocenters. The van der Waals surface area contributed by atoms with Crippen molar-refractivity contribution in [3.8, 4) is 11.5 Å². The van der Waals surface area contributed by atoms with Crippen LogP contribution in [0.1, 0.15) is 12.5 Å². The molecule has 0 radical (unpaired) electrons. The summed E-state index contributed by atoms with van der Waals surface area (Å²) in [7, 11) is -2.01. The predicted octanol–water partition coefficient (Wildman–Crippen LogP) is 1.78. The third-order valence-corrected chi connectivity index (χ3v) is 3.19. The fourth-order valence-electron chi connectivity index (χ4n) is 1.45. The minimum absolute atomic E-state index is 0.343. The van der Waals surface area contributed by atoms with Gasteiger partial charge in [0.05, 0.1) is 12.5 Å². The molecule has 0 saturated heterocycles. The molecule has 0 unspecified atom stereocenters. The van der Waals surface area contributed by atoms with Crippen LogP contribution in [0, 0.1) is 0 Å². The molecule has 0 fully saturated rings. The Morgan fingerprint density at radius 3 is 2.73 bits per heavy atom. The Labute approximate surface area is 88.3 Å². The van der Waals surface area contributed by atoms with Crippen LogP contribution >= 0.6 is 0 Å². The highest BCUT2D eigenvalue weighted by Gasteiger charge is 2.21. The SMILES string of the molecule is COc1ccc2c(c1)C(C)=CS(=O)(=O)O2. The summed E-state index contributed by atoms with van der Waals surface area (Å²) in [6, 6.07) is 4.99. The highest BCUT2D eigenvalue weighted by Crippen LogP contribution is 2.34. The summed E-state index contributed by atoms with van der Waals surface area (Å²) in [5, 5.41) is 1.11.